The number of hydrogen-bond donors (Lipinski definition) is 0. The SMILES string of the molecule is CCCOC(=O)C(=O)c1ccccn1. The van der Waals surface area contributed by atoms with Gasteiger partial charge in [-0.05, 0) is 18.6 Å². The molecule has 0 radical (unpaired) electrons. The van der Waals surface area contributed by atoms with Gasteiger partial charge in [-0.2, -0.15) is 0 Å². The summed E-state index contributed by atoms with van der Waals surface area (Å²) in [6, 6.07) is 4.80. The molecule has 1 aromatic rings. The van der Waals surface area contributed by atoms with Crippen molar-refractivity contribution in [2.75, 3.05) is 6.61 Å². The summed E-state index contributed by atoms with van der Waals surface area (Å²) in [4.78, 5) is 26.2. The van der Waals surface area contributed by atoms with E-state index in [1.165, 1.54) is 12.3 Å². The highest BCUT2D eigenvalue weighted by Gasteiger charge is 2.18. The zero-order valence-corrected chi connectivity index (χ0v) is 7.90. The molecule has 4 heteroatoms. The minimum absolute atomic E-state index is 0.119. The van der Waals surface area contributed by atoms with E-state index >= 15 is 0 Å². The summed E-state index contributed by atoms with van der Waals surface area (Å²) < 4.78 is 4.68. The van der Waals surface area contributed by atoms with E-state index in [9.17, 15) is 9.59 Å². The Morgan fingerprint density at radius 3 is 2.79 bits per heavy atom. The van der Waals surface area contributed by atoms with E-state index in [1.807, 2.05) is 6.92 Å². The van der Waals surface area contributed by atoms with Gasteiger partial charge >= 0.3 is 5.97 Å². The molecular formula is C10H11NO3. The summed E-state index contributed by atoms with van der Waals surface area (Å²) in [7, 11) is 0. The number of ether oxygens (including phenoxy) is 1. The first-order chi connectivity index (χ1) is 6.75. The molecule has 74 valence electrons. The molecule has 0 N–H and O–H groups in total. The molecule has 0 unspecified atom stereocenters. The Morgan fingerprint density at radius 2 is 2.21 bits per heavy atom. The van der Waals surface area contributed by atoms with Crippen LogP contribution in [0.2, 0.25) is 0 Å². The van der Waals surface area contributed by atoms with E-state index in [4.69, 9.17) is 0 Å². The molecule has 0 aliphatic rings. The van der Waals surface area contributed by atoms with Crippen molar-refractivity contribution in [1.29, 1.82) is 0 Å². The third-order valence-electron chi connectivity index (χ3n) is 1.52. The van der Waals surface area contributed by atoms with Crippen LogP contribution < -0.4 is 0 Å². The molecule has 0 amide bonds. The molecule has 1 rings (SSSR count). The molecular weight excluding hydrogens is 182 g/mol. The van der Waals surface area contributed by atoms with Crippen molar-refractivity contribution >= 4 is 11.8 Å². The molecule has 0 aliphatic carbocycles. The fourth-order valence-corrected chi connectivity index (χ4v) is 0.862. The Morgan fingerprint density at radius 1 is 1.43 bits per heavy atom. The molecule has 4 nitrogen and oxygen atoms in total. The number of carbonyl (C=O) groups is 2. The minimum atomic E-state index is -0.842. The standard InChI is InChI=1S/C10H11NO3/c1-2-7-14-10(13)9(12)8-5-3-4-6-11-8/h3-6H,2,7H2,1H3. The maximum Gasteiger partial charge on any atom is 0.381 e. The molecule has 0 spiro atoms. The van der Waals surface area contributed by atoms with E-state index < -0.39 is 11.8 Å². The van der Waals surface area contributed by atoms with Crippen molar-refractivity contribution in [3.63, 3.8) is 0 Å². The molecule has 0 atom stereocenters. The van der Waals surface area contributed by atoms with E-state index in [0.29, 0.717) is 6.42 Å². The van der Waals surface area contributed by atoms with Crippen LogP contribution in [0.25, 0.3) is 0 Å². The summed E-state index contributed by atoms with van der Waals surface area (Å²) in [6.07, 6.45) is 2.15. The van der Waals surface area contributed by atoms with Crippen LogP contribution in [0.1, 0.15) is 23.8 Å². The van der Waals surface area contributed by atoms with E-state index in [1.54, 1.807) is 12.1 Å². The van der Waals surface area contributed by atoms with Crippen molar-refractivity contribution in [3.8, 4) is 0 Å². The molecule has 0 aromatic carbocycles. The Labute approximate surface area is 81.9 Å². The first kappa shape index (κ1) is 10.4. The second-order valence-corrected chi connectivity index (χ2v) is 2.68. The van der Waals surface area contributed by atoms with Crippen LogP contribution in [0.5, 0.6) is 0 Å². The van der Waals surface area contributed by atoms with E-state index in [-0.39, 0.29) is 12.3 Å². The van der Waals surface area contributed by atoms with Crippen LogP contribution in [-0.2, 0) is 9.53 Å². The average molecular weight is 193 g/mol. The largest absolute Gasteiger partial charge is 0.460 e. The smallest absolute Gasteiger partial charge is 0.381 e. The second-order valence-electron chi connectivity index (χ2n) is 2.68. The van der Waals surface area contributed by atoms with Crippen LogP contribution in [0.15, 0.2) is 24.4 Å². The lowest BCUT2D eigenvalue weighted by Gasteiger charge is -2.00. The summed E-state index contributed by atoms with van der Waals surface area (Å²) in [5.41, 5.74) is 0.119. The lowest BCUT2D eigenvalue weighted by Crippen LogP contribution is -2.18. The summed E-state index contributed by atoms with van der Waals surface area (Å²) >= 11 is 0. The number of hydrogen-bond acceptors (Lipinski definition) is 4. The highest BCUT2D eigenvalue weighted by molar-refractivity contribution is 6.40. The van der Waals surface area contributed by atoms with Gasteiger partial charge in [0.05, 0.1) is 6.61 Å². The van der Waals surface area contributed by atoms with Gasteiger partial charge in [0.15, 0.2) is 0 Å². The lowest BCUT2D eigenvalue weighted by molar-refractivity contribution is -0.138. The fraction of sp³-hybridized carbons (Fsp3) is 0.300. The number of aromatic nitrogens is 1. The van der Waals surface area contributed by atoms with Crippen molar-refractivity contribution < 1.29 is 14.3 Å². The third kappa shape index (κ3) is 2.65. The molecule has 0 aliphatic heterocycles. The maximum absolute atomic E-state index is 11.3. The number of pyridine rings is 1. The maximum atomic E-state index is 11.3. The summed E-state index contributed by atoms with van der Waals surface area (Å²) in [5.74, 6) is -1.54. The number of esters is 1. The third-order valence-corrected chi connectivity index (χ3v) is 1.52. The van der Waals surface area contributed by atoms with Crippen molar-refractivity contribution in [3.05, 3.63) is 30.1 Å². The van der Waals surface area contributed by atoms with Crippen LogP contribution in [0, 0.1) is 0 Å². The van der Waals surface area contributed by atoms with Crippen LogP contribution in [-0.4, -0.2) is 23.3 Å². The topological polar surface area (TPSA) is 56.3 Å². The number of nitrogens with zero attached hydrogens (tertiary/aromatic N) is 1. The van der Waals surface area contributed by atoms with E-state index in [0.717, 1.165) is 0 Å². The lowest BCUT2D eigenvalue weighted by atomic mass is 10.2. The van der Waals surface area contributed by atoms with Crippen LogP contribution >= 0.6 is 0 Å². The zero-order valence-electron chi connectivity index (χ0n) is 7.90. The van der Waals surface area contributed by atoms with Crippen LogP contribution in [0.4, 0.5) is 0 Å². The van der Waals surface area contributed by atoms with Gasteiger partial charge in [0, 0.05) is 6.20 Å². The van der Waals surface area contributed by atoms with Crippen LogP contribution in [0.3, 0.4) is 0 Å². The first-order valence-corrected chi connectivity index (χ1v) is 4.38. The quantitative estimate of drug-likeness (QED) is 0.410. The van der Waals surface area contributed by atoms with Gasteiger partial charge in [-0.1, -0.05) is 13.0 Å². The summed E-state index contributed by atoms with van der Waals surface area (Å²) in [6.45, 7) is 2.12. The number of rotatable bonds is 4. The fourth-order valence-electron chi connectivity index (χ4n) is 0.862. The highest BCUT2D eigenvalue weighted by Crippen LogP contribution is 1.97. The minimum Gasteiger partial charge on any atom is -0.460 e. The molecule has 0 fully saturated rings. The average Bonchev–Trinajstić information content (AvgIpc) is 2.26. The van der Waals surface area contributed by atoms with Gasteiger partial charge in [-0.3, -0.25) is 9.78 Å². The molecule has 1 heterocycles. The van der Waals surface area contributed by atoms with Crippen molar-refractivity contribution in [2.24, 2.45) is 0 Å². The van der Waals surface area contributed by atoms with Gasteiger partial charge < -0.3 is 4.74 Å². The summed E-state index contributed by atoms with van der Waals surface area (Å²) in [5, 5.41) is 0. The zero-order chi connectivity index (χ0) is 10.4. The van der Waals surface area contributed by atoms with E-state index in [2.05, 4.69) is 9.72 Å². The predicted octanol–water partition coefficient (Wildman–Crippen LogP) is 1.22. The van der Waals surface area contributed by atoms with Crippen molar-refractivity contribution in [1.82, 2.24) is 4.98 Å². The van der Waals surface area contributed by atoms with Gasteiger partial charge in [0.2, 0.25) is 0 Å². The predicted molar refractivity (Wildman–Crippen MR) is 49.8 cm³/mol. The number of carbonyl (C=O) groups excluding carboxylic acids is 2. The Balaban J connectivity index is 2.62. The highest BCUT2D eigenvalue weighted by atomic mass is 16.5. The first-order valence-electron chi connectivity index (χ1n) is 4.38. The molecule has 1 aromatic heterocycles. The molecule has 0 saturated carbocycles. The van der Waals surface area contributed by atoms with Crippen molar-refractivity contribution in [2.45, 2.75) is 13.3 Å². The van der Waals surface area contributed by atoms with Gasteiger partial charge in [0.25, 0.3) is 5.78 Å². The normalized spacial score (nSPS) is 9.50. The molecule has 0 bridgehead atoms. The Bertz CT molecular complexity index is 321. The monoisotopic (exact) mass is 193 g/mol. The Kier molecular flexibility index (Phi) is 3.79. The second kappa shape index (κ2) is 5.11. The Hall–Kier alpha value is -1.71. The molecule has 14 heavy (non-hydrogen) atoms. The van der Waals surface area contributed by atoms with Gasteiger partial charge in [0.1, 0.15) is 5.69 Å². The molecule has 0 saturated heterocycles. The van der Waals surface area contributed by atoms with Gasteiger partial charge in [-0.25, -0.2) is 4.79 Å². The number of Topliss-reactive ketones (excluding diaryl/α,β-unsaturated/α-hetero) is 1. The van der Waals surface area contributed by atoms with Gasteiger partial charge in [-0.15, -0.1) is 0 Å². The number of ketones is 1.